The molecule has 0 saturated carbocycles. The van der Waals surface area contributed by atoms with E-state index in [1.165, 1.54) is 5.56 Å². The Bertz CT molecular complexity index is 933. The number of benzene rings is 3. The van der Waals surface area contributed by atoms with Gasteiger partial charge in [-0.05, 0) is 55.8 Å². The molecule has 138 valence electrons. The van der Waals surface area contributed by atoms with E-state index in [1.54, 1.807) is 25.3 Å². The van der Waals surface area contributed by atoms with Gasteiger partial charge < -0.3 is 14.8 Å². The van der Waals surface area contributed by atoms with Gasteiger partial charge in [0.2, 0.25) is 0 Å². The largest absolute Gasteiger partial charge is 0.496 e. The SMILES string of the molecule is COc1ccc(C(=O)Nc2ccccc2C)cc1COc1ccc(C)cc1. The molecule has 0 aliphatic rings. The Kier molecular flexibility index (Phi) is 5.77. The Hall–Kier alpha value is -3.27. The third-order valence-corrected chi connectivity index (χ3v) is 4.35. The van der Waals surface area contributed by atoms with Crippen LogP contribution >= 0.6 is 0 Å². The van der Waals surface area contributed by atoms with E-state index in [4.69, 9.17) is 9.47 Å². The van der Waals surface area contributed by atoms with E-state index in [0.29, 0.717) is 17.9 Å². The zero-order chi connectivity index (χ0) is 19.2. The number of ether oxygens (including phenoxy) is 2. The number of anilines is 1. The Morgan fingerprint density at radius 1 is 0.963 bits per heavy atom. The van der Waals surface area contributed by atoms with Crippen molar-refractivity contribution in [2.24, 2.45) is 0 Å². The van der Waals surface area contributed by atoms with Crippen molar-refractivity contribution in [2.75, 3.05) is 12.4 Å². The molecule has 0 bridgehead atoms. The molecule has 0 aliphatic heterocycles. The van der Waals surface area contributed by atoms with Gasteiger partial charge in [0.05, 0.1) is 7.11 Å². The van der Waals surface area contributed by atoms with Crippen molar-refractivity contribution in [3.8, 4) is 11.5 Å². The molecule has 0 aromatic heterocycles. The molecule has 0 atom stereocenters. The van der Waals surface area contributed by atoms with E-state index in [-0.39, 0.29) is 5.91 Å². The first kappa shape index (κ1) is 18.5. The lowest BCUT2D eigenvalue weighted by atomic mass is 10.1. The van der Waals surface area contributed by atoms with E-state index in [2.05, 4.69) is 5.32 Å². The average molecular weight is 361 g/mol. The molecule has 4 nitrogen and oxygen atoms in total. The van der Waals surface area contributed by atoms with Crippen molar-refractivity contribution in [3.05, 3.63) is 89.0 Å². The Morgan fingerprint density at radius 2 is 1.70 bits per heavy atom. The van der Waals surface area contributed by atoms with E-state index in [0.717, 1.165) is 22.6 Å². The monoisotopic (exact) mass is 361 g/mol. The summed E-state index contributed by atoms with van der Waals surface area (Å²) in [5, 5.41) is 2.95. The molecule has 4 heteroatoms. The van der Waals surface area contributed by atoms with Gasteiger partial charge in [0.15, 0.2) is 0 Å². The van der Waals surface area contributed by atoms with Crippen molar-refractivity contribution in [1.82, 2.24) is 0 Å². The molecular weight excluding hydrogens is 338 g/mol. The zero-order valence-corrected chi connectivity index (χ0v) is 15.8. The summed E-state index contributed by atoms with van der Waals surface area (Å²) < 4.78 is 11.3. The number of amides is 1. The molecule has 3 aromatic rings. The lowest BCUT2D eigenvalue weighted by molar-refractivity contribution is 0.102. The second-order valence-corrected chi connectivity index (χ2v) is 6.40. The van der Waals surface area contributed by atoms with Crippen LogP contribution in [0.15, 0.2) is 66.7 Å². The Labute approximate surface area is 159 Å². The summed E-state index contributed by atoms with van der Waals surface area (Å²) in [7, 11) is 1.61. The van der Waals surface area contributed by atoms with E-state index in [1.807, 2.05) is 62.4 Å². The first-order valence-corrected chi connectivity index (χ1v) is 8.80. The summed E-state index contributed by atoms with van der Waals surface area (Å²) in [4.78, 5) is 12.6. The third kappa shape index (κ3) is 4.67. The number of hydrogen-bond acceptors (Lipinski definition) is 3. The standard InChI is InChI=1S/C23H23NO3/c1-16-8-11-20(12-9-16)27-15-19-14-18(10-13-22(19)26-3)23(25)24-21-7-5-4-6-17(21)2/h4-14H,15H2,1-3H3,(H,24,25). The smallest absolute Gasteiger partial charge is 0.255 e. The van der Waals surface area contributed by atoms with Gasteiger partial charge in [-0.1, -0.05) is 35.9 Å². The van der Waals surface area contributed by atoms with E-state index in [9.17, 15) is 4.79 Å². The molecule has 0 saturated heterocycles. The second kappa shape index (κ2) is 8.41. The molecule has 0 aliphatic carbocycles. The number of para-hydroxylation sites is 1. The summed E-state index contributed by atoms with van der Waals surface area (Å²) in [5.74, 6) is 1.30. The molecule has 3 aromatic carbocycles. The number of aryl methyl sites for hydroxylation is 2. The lowest BCUT2D eigenvalue weighted by Gasteiger charge is -2.13. The number of hydrogen-bond donors (Lipinski definition) is 1. The summed E-state index contributed by atoms with van der Waals surface area (Å²) in [6.07, 6.45) is 0. The van der Waals surface area contributed by atoms with Crippen LogP contribution in [0.2, 0.25) is 0 Å². The van der Waals surface area contributed by atoms with Gasteiger partial charge in [0, 0.05) is 16.8 Å². The minimum absolute atomic E-state index is 0.163. The van der Waals surface area contributed by atoms with Gasteiger partial charge in [-0.25, -0.2) is 0 Å². The van der Waals surface area contributed by atoms with E-state index >= 15 is 0 Å². The highest BCUT2D eigenvalue weighted by Gasteiger charge is 2.12. The molecule has 1 N–H and O–H groups in total. The highest BCUT2D eigenvalue weighted by atomic mass is 16.5. The van der Waals surface area contributed by atoms with Crippen molar-refractivity contribution in [2.45, 2.75) is 20.5 Å². The first-order chi connectivity index (χ1) is 13.1. The molecule has 0 heterocycles. The van der Waals surface area contributed by atoms with Crippen LogP contribution in [-0.2, 0) is 6.61 Å². The molecular formula is C23H23NO3. The van der Waals surface area contributed by atoms with E-state index < -0.39 is 0 Å². The van der Waals surface area contributed by atoms with Gasteiger partial charge in [0.1, 0.15) is 18.1 Å². The summed E-state index contributed by atoms with van der Waals surface area (Å²) >= 11 is 0. The molecule has 0 spiro atoms. The van der Waals surface area contributed by atoms with Crippen LogP contribution in [0.4, 0.5) is 5.69 Å². The predicted molar refractivity (Wildman–Crippen MR) is 108 cm³/mol. The van der Waals surface area contributed by atoms with Crippen molar-refractivity contribution in [3.63, 3.8) is 0 Å². The summed E-state index contributed by atoms with van der Waals surface area (Å²) in [5.41, 5.74) is 4.37. The number of carbonyl (C=O) groups excluding carboxylic acids is 1. The highest BCUT2D eigenvalue weighted by Crippen LogP contribution is 2.23. The number of methoxy groups -OCH3 is 1. The molecule has 0 radical (unpaired) electrons. The topological polar surface area (TPSA) is 47.6 Å². The van der Waals surface area contributed by atoms with Gasteiger partial charge in [0.25, 0.3) is 5.91 Å². The minimum atomic E-state index is -0.163. The van der Waals surface area contributed by atoms with Crippen LogP contribution in [0, 0.1) is 13.8 Å². The van der Waals surface area contributed by atoms with Crippen LogP contribution in [-0.4, -0.2) is 13.0 Å². The van der Waals surface area contributed by atoms with Gasteiger partial charge in [-0.3, -0.25) is 4.79 Å². The van der Waals surface area contributed by atoms with Gasteiger partial charge in [-0.2, -0.15) is 0 Å². The number of carbonyl (C=O) groups is 1. The lowest BCUT2D eigenvalue weighted by Crippen LogP contribution is -2.13. The van der Waals surface area contributed by atoms with Crippen molar-refractivity contribution in [1.29, 1.82) is 0 Å². The van der Waals surface area contributed by atoms with Crippen LogP contribution < -0.4 is 14.8 Å². The average Bonchev–Trinajstić information content (AvgIpc) is 2.69. The maximum Gasteiger partial charge on any atom is 0.255 e. The first-order valence-electron chi connectivity index (χ1n) is 8.80. The minimum Gasteiger partial charge on any atom is -0.496 e. The fourth-order valence-corrected chi connectivity index (χ4v) is 2.74. The predicted octanol–water partition coefficient (Wildman–Crippen LogP) is 5.14. The second-order valence-electron chi connectivity index (χ2n) is 6.40. The molecule has 1 amide bonds. The summed E-state index contributed by atoms with van der Waals surface area (Å²) in [6, 6.07) is 20.9. The van der Waals surface area contributed by atoms with Crippen molar-refractivity contribution >= 4 is 11.6 Å². The molecule has 0 fully saturated rings. The normalized spacial score (nSPS) is 10.3. The van der Waals surface area contributed by atoms with Crippen molar-refractivity contribution < 1.29 is 14.3 Å². The van der Waals surface area contributed by atoms with Crippen LogP contribution in [0.25, 0.3) is 0 Å². The number of rotatable bonds is 6. The number of nitrogens with one attached hydrogen (secondary N) is 1. The molecule has 0 unspecified atom stereocenters. The van der Waals surface area contributed by atoms with Crippen LogP contribution in [0.5, 0.6) is 11.5 Å². The maximum absolute atomic E-state index is 12.6. The Morgan fingerprint density at radius 3 is 2.41 bits per heavy atom. The third-order valence-electron chi connectivity index (χ3n) is 4.35. The van der Waals surface area contributed by atoms with Gasteiger partial charge in [-0.15, -0.1) is 0 Å². The summed E-state index contributed by atoms with van der Waals surface area (Å²) in [6.45, 7) is 4.31. The maximum atomic E-state index is 12.6. The fourth-order valence-electron chi connectivity index (χ4n) is 2.74. The highest BCUT2D eigenvalue weighted by molar-refractivity contribution is 6.04. The fraction of sp³-hybridized carbons (Fsp3) is 0.174. The Balaban J connectivity index is 1.77. The zero-order valence-electron chi connectivity index (χ0n) is 15.8. The van der Waals surface area contributed by atoms with Crippen LogP contribution in [0.1, 0.15) is 27.0 Å². The molecule has 27 heavy (non-hydrogen) atoms. The molecule has 3 rings (SSSR count). The van der Waals surface area contributed by atoms with Crippen LogP contribution in [0.3, 0.4) is 0 Å². The quantitative estimate of drug-likeness (QED) is 0.661. The van der Waals surface area contributed by atoms with Gasteiger partial charge >= 0.3 is 0 Å².